The van der Waals surface area contributed by atoms with Crippen molar-refractivity contribution >= 4 is 0 Å². The molecule has 4 N–H and O–H groups in total. The van der Waals surface area contributed by atoms with Crippen LogP contribution in [0, 0.1) is 17.0 Å². The number of hydrogen-bond donors (Lipinski definition) is 2. The van der Waals surface area contributed by atoms with E-state index in [4.69, 9.17) is 11.5 Å². The first-order chi connectivity index (χ1) is 7.59. The van der Waals surface area contributed by atoms with Crippen molar-refractivity contribution in [1.29, 1.82) is 0 Å². The van der Waals surface area contributed by atoms with Crippen LogP contribution in [0.4, 0.5) is 8.78 Å². The van der Waals surface area contributed by atoms with E-state index < -0.39 is 11.6 Å². The van der Waals surface area contributed by atoms with Crippen molar-refractivity contribution in [1.82, 2.24) is 0 Å². The van der Waals surface area contributed by atoms with Crippen LogP contribution < -0.4 is 11.5 Å². The molecule has 0 amide bonds. The molecule has 2 nitrogen and oxygen atoms in total. The third-order valence-electron chi connectivity index (χ3n) is 3.72. The highest BCUT2D eigenvalue weighted by Gasteiger charge is 2.41. The van der Waals surface area contributed by atoms with Crippen molar-refractivity contribution in [2.75, 3.05) is 6.54 Å². The monoisotopic (exact) mass is 226 g/mol. The molecule has 1 saturated carbocycles. The molecule has 0 saturated heterocycles. The summed E-state index contributed by atoms with van der Waals surface area (Å²) in [5.41, 5.74) is 12.3. The third kappa shape index (κ3) is 1.72. The molecular formula is C12H16F2N2. The maximum atomic E-state index is 13.1. The summed E-state index contributed by atoms with van der Waals surface area (Å²) < 4.78 is 25.9. The fourth-order valence-electron chi connectivity index (χ4n) is 2.33. The summed E-state index contributed by atoms with van der Waals surface area (Å²) in [6.07, 6.45) is 3.03. The summed E-state index contributed by atoms with van der Waals surface area (Å²) in [4.78, 5) is 0. The second-order valence-electron chi connectivity index (χ2n) is 4.57. The quantitative estimate of drug-likeness (QED) is 0.829. The van der Waals surface area contributed by atoms with Gasteiger partial charge in [-0.15, -0.1) is 0 Å². The van der Waals surface area contributed by atoms with E-state index in [-0.39, 0.29) is 11.5 Å². The lowest BCUT2D eigenvalue weighted by Crippen LogP contribution is -2.46. The molecule has 2 rings (SSSR count). The van der Waals surface area contributed by atoms with Gasteiger partial charge in [0, 0.05) is 11.5 Å². The molecule has 88 valence electrons. The fourth-order valence-corrected chi connectivity index (χ4v) is 2.33. The molecule has 0 spiro atoms. The standard InChI is InChI=1S/C12H16F2N2/c13-9-3-2-8(6-10(9)14)11(16)12(7-15)4-1-5-12/h2-3,6,11H,1,4-5,7,15-16H2. The lowest BCUT2D eigenvalue weighted by atomic mass is 9.63. The Morgan fingerprint density at radius 1 is 1.25 bits per heavy atom. The minimum Gasteiger partial charge on any atom is -0.330 e. The molecule has 0 radical (unpaired) electrons. The Morgan fingerprint density at radius 3 is 2.38 bits per heavy atom. The van der Waals surface area contributed by atoms with Gasteiger partial charge in [0.1, 0.15) is 0 Å². The maximum Gasteiger partial charge on any atom is 0.159 e. The van der Waals surface area contributed by atoms with Gasteiger partial charge >= 0.3 is 0 Å². The largest absolute Gasteiger partial charge is 0.330 e. The van der Waals surface area contributed by atoms with Crippen LogP contribution in [0.25, 0.3) is 0 Å². The van der Waals surface area contributed by atoms with Gasteiger partial charge in [0.2, 0.25) is 0 Å². The van der Waals surface area contributed by atoms with E-state index >= 15 is 0 Å². The van der Waals surface area contributed by atoms with Crippen LogP contribution in [-0.2, 0) is 0 Å². The number of halogens is 2. The molecule has 1 aliphatic rings. The highest BCUT2D eigenvalue weighted by Crippen LogP contribution is 2.48. The van der Waals surface area contributed by atoms with Gasteiger partial charge in [-0.25, -0.2) is 8.78 Å². The lowest BCUT2D eigenvalue weighted by molar-refractivity contribution is 0.104. The maximum absolute atomic E-state index is 13.1. The summed E-state index contributed by atoms with van der Waals surface area (Å²) in [6.45, 7) is 0.493. The second-order valence-corrected chi connectivity index (χ2v) is 4.57. The van der Waals surface area contributed by atoms with E-state index in [9.17, 15) is 8.78 Å². The van der Waals surface area contributed by atoms with Gasteiger partial charge in [0.05, 0.1) is 0 Å². The van der Waals surface area contributed by atoms with Crippen LogP contribution in [0.15, 0.2) is 18.2 Å². The highest BCUT2D eigenvalue weighted by molar-refractivity contribution is 5.24. The molecule has 1 atom stereocenters. The Hall–Kier alpha value is -1.00. The zero-order valence-electron chi connectivity index (χ0n) is 9.05. The van der Waals surface area contributed by atoms with Gasteiger partial charge in [0.25, 0.3) is 0 Å². The minimum atomic E-state index is -0.848. The molecule has 0 aliphatic heterocycles. The molecule has 1 fully saturated rings. The first-order valence-corrected chi connectivity index (χ1v) is 5.50. The van der Waals surface area contributed by atoms with Crippen molar-refractivity contribution < 1.29 is 8.78 Å². The Balaban J connectivity index is 2.26. The molecule has 0 aromatic heterocycles. The van der Waals surface area contributed by atoms with Crippen molar-refractivity contribution in [2.45, 2.75) is 25.3 Å². The van der Waals surface area contributed by atoms with Gasteiger partial charge in [-0.2, -0.15) is 0 Å². The van der Waals surface area contributed by atoms with E-state index in [1.807, 2.05) is 0 Å². The van der Waals surface area contributed by atoms with Crippen molar-refractivity contribution in [3.63, 3.8) is 0 Å². The topological polar surface area (TPSA) is 52.0 Å². The molecule has 1 unspecified atom stereocenters. The third-order valence-corrected chi connectivity index (χ3v) is 3.72. The van der Waals surface area contributed by atoms with Crippen LogP contribution >= 0.6 is 0 Å². The smallest absolute Gasteiger partial charge is 0.159 e. The molecule has 0 bridgehead atoms. The Kier molecular flexibility index (Phi) is 2.95. The first-order valence-electron chi connectivity index (χ1n) is 5.50. The average molecular weight is 226 g/mol. The van der Waals surface area contributed by atoms with E-state index in [2.05, 4.69) is 0 Å². The first kappa shape index (κ1) is 11.5. The van der Waals surface area contributed by atoms with Crippen LogP contribution in [0.2, 0.25) is 0 Å². The van der Waals surface area contributed by atoms with E-state index in [1.54, 1.807) is 6.07 Å². The molecule has 4 heteroatoms. The molecular weight excluding hydrogens is 210 g/mol. The van der Waals surface area contributed by atoms with Crippen LogP contribution in [0.1, 0.15) is 30.9 Å². The zero-order valence-corrected chi connectivity index (χ0v) is 9.05. The Labute approximate surface area is 93.6 Å². The normalized spacial score (nSPS) is 20.2. The average Bonchev–Trinajstić information content (AvgIpc) is 2.21. The van der Waals surface area contributed by atoms with Gasteiger partial charge < -0.3 is 11.5 Å². The molecule has 1 aromatic rings. The number of hydrogen-bond acceptors (Lipinski definition) is 2. The lowest BCUT2D eigenvalue weighted by Gasteiger charge is -2.45. The Morgan fingerprint density at radius 2 is 1.94 bits per heavy atom. The highest BCUT2D eigenvalue weighted by atomic mass is 19.2. The van der Waals surface area contributed by atoms with E-state index in [0.29, 0.717) is 12.1 Å². The number of nitrogens with two attached hydrogens (primary N) is 2. The number of benzene rings is 1. The van der Waals surface area contributed by atoms with Crippen LogP contribution in [-0.4, -0.2) is 6.54 Å². The SMILES string of the molecule is NCC1(C(N)c2ccc(F)c(F)c2)CCC1. The minimum absolute atomic E-state index is 0.121. The molecule has 16 heavy (non-hydrogen) atoms. The molecule has 1 aromatic carbocycles. The number of rotatable bonds is 3. The van der Waals surface area contributed by atoms with E-state index in [1.165, 1.54) is 6.07 Å². The van der Waals surface area contributed by atoms with Gasteiger partial charge in [0.15, 0.2) is 11.6 Å². The predicted molar refractivity (Wildman–Crippen MR) is 58.6 cm³/mol. The Bertz CT molecular complexity index is 383. The summed E-state index contributed by atoms with van der Waals surface area (Å²) in [5.74, 6) is -1.69. The van der Waals surface area contributed by atoms with Gasteiger partial charge in [-0.1, -0.05) is 12.5 Å². The fraction of sp³-hybridized carbons (Fsp3) is 0.500. The van der Waals surface area contributed by atoms with Gasteiger partial charge in [-0.3, -0.25) is 0 Å². The van der Waals surface area contributed by atoms with Crippen molar-refractivity contribution in [3.05, 3.63) is 35.4 Å². The zero-order chi connectivity index (χ0) is 11.8. The summed E-state index contributed by atoms with van der Waals surface area (Å²) in [6, 6.07) is 3.53. The summed E-state index contributed by atoms with van der Waals surface area (Å²) in [5, 5.41) is 0. The summed E-state index contributed by atoms with van der Waals surface area (Å²) in [7, 11) is 0. The van der Waals surface area contributed by atoms with Crippen LogP contribution in [0.3, 0.4) is 0 Å². The second kappa shape index (κ2) is 4.11. The van der Waals surface area contributed by atoms with Gasteiger partial charge in [-0.05, 0) is 37.1 Å². The summed E-state index contributed by atoms with van der Waals surface area (Å²) >= 11 is 0. The van der Waals surface area contributed by atoms with Crippen molar-refractivity contribution in [2.24, 2.45) is 16.9 Å². The molecule has 1 aliphatic carbocycles. The van der Waals surface area contributed by atoms with Crippen LogP contribution in [0.5, 0.6) is 0 Å². The molecule has 0 heterocycles. The van der Waals surface area contributed by atoms with E-state index in [0.717, 1.165) is 25.3 Å². The van der Waals surface area contributed by atoms with Crippen molar-refractivity contribution in [3.8, 4) is 0 Å². The predicted octanol–water partition coefficient (Wildman–Crippen LogP) is 2.09.